The van der Waals surface area contributed by atoms with Crippen LogP contribution in [0, 0.1) is 26.5 Å². The molecule has 0 aliphatic rings. The van der Waals surface area contributed by atoms with Gasteiger partial charge in [0.05, 0.1) is 0 Å². The molecule has 2 N–H and O–H groups in total. The summed E-state index contributed by atoms with van der Waals surface area (Å²) >= 11 is 0. The number of aromatic amines is 2. The Hall–Kier alpha value is -1.37. The van der Waals surface area contributed by atoms with Crippen molar-refractivity contribution in [2.24, 2.45) is 0 Å². The summed E-state index contributed by atoms with van der Waals surface area (Å²) in [5, 5.41) is 0. The van der Waals surface area contributed by atoms with Crippen molar-refractivity contribution in [2.75, 3.05) is 0 Å². The van der Waals surface area contributed by atoms with Crippen molar-refractivity contribution in [1.29, 1.82) is 0 Å². The zero-order valence-corrected chi connectivity index (χ0v) is 20.3. The molecule has 4 rings (SSSR count). The summed E-state index contributed by atoms with van der Waals surface area (Å²) in [6.07, 6.45) is 5.54. The predicted molar refractivity (Wildman–Crippen MR) is 108 cm³/mol. The van der Waals surface area contributed by atoms with E-state index in [1.54, 1.807) is 0 Å². The molecule has 28 heavy (non-hydrogen) atoms. The normalized spacial score (nSPS) is 10.6. The summed E-state index contributed by atoms with van der Waals surface area (Å²) in [7, 11) is 0. The summed E-state index contributed by atoms with van der Waals surface area (Å²) in [5.41, 5.74) is 9.39. The van der Waals surface area contributed by atoms with Crippen molar-refractivity contribution in [2.45, 2.75) is 53.4 Å². The molecule has 0 aliphatic heterocycles. The average molecular weight is 552 g/mol. The molecule has 0 fully saturated rings. The van der Waals surface area contributed by atoms with E-state index in [-0.39, 0.29) is 39.0 Å². The number of aromatic nitrogens is 4. The first-order chi connectivity index (χ1) is 12.4. The van der Waals surface area contributed by atoms with E-state index in [4.69, 9.17) is 0 Å². The molecule has 0 aliphatic carbocycles. The number of fused-ring (bicyclic) bond motifs is 2. The Balaban J connectivity index is 0.000000261. The van der Waals surface area contributed by atoms with Crippen molar-refractivity contribution in [3.63, 3.8) is 0 Å². The van der Waals surface area contributed by atoms with Crippen LogP contribution in [-0.4, -0.2) is 19.9 Å². The molecule has 0 unspecified atom stereocenters. The Morgan fingerprint density at radius 3 is 1.96 bits per heavy atom. The summed E-state index contributed by atoms with van der Waals surface area (Å²) in [5.74, 6) is 1.12. The maximum Gasteiger partial charge on any atom is 0 e. The van der Waals surface area contributed by atoms with E-state index < -0.39 is 0 Å². The van der Waals surface area contributed by atoms with Gasteiger partial charge in [-0.1, -0.05) is 104 Å². The molecule has 154 valence electrons. The molecule has 0 spiro atoms. The van der Waals surface area contributed by atoms with Crippen LogP contribution in [0.2, 0.25) is 0 Å². The fraction of sp³-hybridized carbons (Fsp3) is 0.364. The zero-order valence-electron chi connectivity index (χ0n) is 17.0. The number of nitrogens with one attached hydrogen (secondary N) is 2. The fourth-order valence-electron chi connectivity index (χ4n) is 3.05. The van der Waals surface area contributed by atoms with Crippen molar-refractivity contribution >= 4 is 22.1 Å². The Morgan fingerprint density at radius 2 is 1.32 bits per heavy atom. The minimum atomic E-state index is 0. The Kier molecular flexibility index (Phi) is 9.18. The van der Waals surface area contributed by atoms with Crippen LogP contribution in [0.1, 0.15) is 61.8 Å². The summed E-state index contributed by atoms with van der Waals surface area (Å²) in [6, 6.07) is 8.68. The second kappa shape index (κ2) is 10.4. The molecule has 2 heterocycles. The molecule has 0 saturated carbocycles. The van der Waals surface area contributed by atoms with E-state index in [1.165, 1.54) is 22.3 Å². The number of hydrogen-bond donors (Lipinski definition) is 2. The van der Waals surface area contributed by atoms with Gasteiger partial charge in [-0.2, -0.15) is 0 Å². The van der Waals surface area contributed by atoms with Gasteiger partial charge >= 0.3 is 0 Å². The second-order valence-corrected chi connectivity index (χ2v) is 7.47. The van der Waals surface area contributed by atoms with E-state index in [9.17, 15) is 0 Å². The maximum absolute atomic E-state index is 4.14. The quantitative estimate of drug-likeness (QED) is 0.252. The van der Waals surface area contributed by atoms with E-state index in [0.717, 1.165) is 22.1 Å². The largest absolute Gasteiger partial charge is 0.460 e. The molecular formula is C22H26N4Rh2-2. The van der Waals surface area contributed by atoms with Crippen LogP contribution >= 0.6 is 0 Å². The molecule has 0 bridgehead atoms. The average Bonchev–Trinajstić information content (AvgIpc) is 3.24. The van der Waals surface area contributed by atoms with E-state index in [2.05, 4.69) is 98.4 Å². The van der Waals surface area contributed by atoms with Crippen LogP contribution < -0.4 is 0 Å². The summed E-state index contributed by atoms with van der Waals surface area (Å²) in [4.78, 5) is 14.3. The maximum atomic E-state index is 4.14. The minimum absolute atomic E-state index is 0. The van der Waals surface area contributed by atoms with Gasteiger partial charge in [0, 0.05) is 39.0 Å². The summed E-state index contributed by atoms with van der Waals surface area (Å²) in [6.45, 7) is 13.0. The number of imidazole rings is 2. The Labute approximate surface area is 192 Å². The zero-order chi connectivity index (χ0) is 18.8. The smallest absolute Gasteiger partial charge is 0 e. The van der Waals surface area contributed by atoms with Gasteiger partial charge in [-0.05, 0) is 24.5 Å². The molecule has 4 nitrogen and oxygen atoms in total. The number of aryl methyl sites for hydroxylation is 2. The van der Waals surface area contributed by atoms with Crippen molar-refractivity contribution in [3.8, 4) is 0 Å². The third-order valence-corrected chi connectivity index (χ3v) is 4.71. The van der Waals surface area contributed by atoms with E-state index in [1.807, 2.05) is 0 Å². The van der Waals surface area contributed by atoms with Crippen LogP contribution in [-0.2, 0) is 39.0 Å². The van der Waals surface area contributed by atoms with Crippen LogP contribution in [0.3, 0.4) is 0 Å². The van der Waals surface area contributed by atoms with Crippen LogP contribution in [0.15, 0.2) is 24.3 Å². The number of rotatable bonds is 2. The van der Waals surface area contributed by atoms with Crippen LogP contribution in [0.4, 0.5) is 0 Å². The van der Waals surface area contributed by atoms with Gasteiger partial charge in [-0.3, -0.25) is 0 Å². The van der Waals surface area contributed by atoms with Gasteiger partial charge in [0.25, 0.3) is 0 Å². The van der Waals surface area contributed by atoms with Crippen molar-refractivity contribution in [3.05, 3.63) is 59.2 Å². The first-order valence-electron chi connectivity index (χ1n) is 9.09. The van der Waals surface area contributed by atoms with Gasteiger partial charge in [-0.25, -0.2) is 0 Å². The molecule has 2 aromatic carbocycles. The summed E-state index contributed by atoms with van der Waals surface area (Å²) < 4.78 is 0. The van der Waals surface area contributed by atoms with Gasteiger partial charge < -0.3 is 19.9 Å². The van der Waals surface area contributed by atoms with Crippen LogP contribution in [0.5, 0.6) is 0 Å². The Bertz CT molecular complexity index is 948. The topological polar surface area (TPSA) is 57.4 Å². The van der Waals surface area contributed by atoms with Gasteiger partial charge in [0.2, 0.25) is 0 Å². The minimum Gasteiger partial charge on any atom is -0.460 e. The number of benzene rings is 2. The third kappa shape index (κ3) is 5.36. The number of nitrogens with zero attached hydrogens (tertiary/aromatic N) is 2. The van der Waals surface area contributed by atoms with Crippen molar-refractivity contribution in [1.82, 2.24) is 19.9 Å². The number of hydrogen-bond acceptors (Lipinski definition) is 2. The Morgan fingerprint density at radius 1 is 0.750 bits per heavy atom. The molecule has 0 amide bonds. The van der Waals surface area contributed by atoms with Crippen molar-refractivity contribution < 1.29 is 39.0 Å². The first kappa shape index (κ1) is 24.7. The molecule has 0 atom stereocenters. The predicted octanol–water partition coefficient (Wildman–Crippen LogP) is 5.58. The monoisotopic (exact) mass is 552 g/mol. The van der Waals surface area contributed by atoms with Gasteiger partial charge in [0.15, 0.2) is 0 Å². The fourth-order valence-corrected chi connectivity index (χ4v) is 3.05. The van der Waals surface area contributed by atoms with Crippen LogP contribution in [0.25, 0.3) is 22.1 Å². The first-order valence-corrected chi connectivity index (χ1v) is 9.09. The van der Waals surface area contributed by atoms with E-state index in [0.29, 0.717) is 11.8 Å². The molecular weight excluding hydrogens is 526 g/mol. The molecule has 2 radical (unpaired) electrons. The SMILES string of the molecule is Cc1cc(C(C)C)cc2[nH][c-]nc12.Cc1cc(C(C)C)cc2n[c-][nH]c12.[Rh].[Rh]. The molecule has 6 heteroatoms. The number of H-pyrrole nitrogens is 2. The third-order valence-electron chi connectivity index (χ3n) is 4.71. The standard InChI is InChI=1S/2C11H13N2.2Rh/c2*1-7(2)9-4-8(3)11-10(5-9)12-6-13-11;;/h2*4-5,7H,1-3H3,(H,12,13);;/q2*-1;;. The van der Waals surface area contributed by atoms with E-state index >= 15 is 0 Å². The molecule has 0 saturated heterocycles. The second-order valence-electron chi connectivity index (χ2n) is 7.47. The van der Waals surface area contributed by atoms with Gasteiger partial charge in [0.1, 0.15) is 0 Å². The van der Waals surface area contributed by atoms with Gasteiger partial charge in [-0.15, -0.1) is 6.07 Å². The molecule has 2 aromatic heterocycles. The molecule has 4 aromatic rings.